The molecule has 1 aliphatic rings. The van der Waals surface area contributed by atoms with Crippen molar-refractivity contribution in [3.63, 3.8) is 0 Å². The van der Waals surface area contributed by atoms with Crippen molar-refractivity contribution < 1.29 is 5.11 Å². The van der Waals surface area contributed by atoms with Crippen molar-refractivity contribution in [3.05, 3.63) is 17.4 Å². The molecule has 138 valence electrons. The summed E-state index contributed by atoms with van der Waals surface area (Å²) in [5.74, 6) is 8.65. The predicted molar refractivity (Wildman–Crippen MR) is 103 cm³/mol. The highest BCUT2D eigenvalue weighted by Crippen LogP contribution is 2.29. The molecule has 0 amide bonds. The second-order valence-corrected chi connectivity index (χ2v) is 7.15. The molecule has 0 spiro atoms. The average Bonchev–Trinajstić information content (AvgIpc) is 2.63. The Morgan fingerprint density at radius 1 is 1.24 bits per heavy atom. The lowest BCUT2D eigenvalue weighted by Crippen LogP contribution is -2.29. The van der Waals surface area contributed by atoms with Crippen LogP contribution in [0.25, 0.3) is 0 Å². The van der Waals surface area contributed by atoms with Crippen molar-refractivity contribution in [2.24, 2.45) is 11.8 Å². The summed E-state index contributed by atoms with van der Waals surface area (Å²) in [5.41, 5.74) is 0. The maximum absolute atomic E-state index is 9.00. The van der Waals surface area contributed by atoms with Crippen LogP contribution in [0, 0.1) is 23.7 Å². The molecule has 2 rings (SSSR count). The highest BCUT2D eigenvalue weighted by Gasteiger charge is 2.21. The molecule has 1 aliphatic carbocycles. The van der Waals surface area contributed by atoms with E-state index in [1.165, 1.54) is 25.7 Å². The van der Waals surface area contributed by atoms with E-state index in [9.17, 15) is 0 Å². The van der Waals surface area contributed by atoms with Gasteiger partial charge in [-0.1, -0.05) is 30.4 Å². The zero-order valence-electron chi connectivity index (χ0n) is 15.3. The van der Waals surface area contributed by atoms with Crippen molar-refractivity contribution in [3.8, 4) is 11.8 Å². The van der Waals surface area contributed by atoms with Crippen LogP contribution < -0.4 is 4.90 Å². The van der Waals surface area contributed by atoms with Crippen LogP contribution >= 0.6 is 11.6 Å². The van der Waals surface area contributed by atoms with E-state index in [0.717, 1.165) is 25.6 Å². The molecule has 0 radical (unpaired) electrons. The predicted octanol–water partition coefficient (Wildman–Crippen LogP) is 2.69. The van der Waals surface area contributed by atoms with E-state index < -0.39 is 0 Å². The Morgan fingerprint density at radius 3 is 2.52 bits per heavy atom. The first kappa shape index (κ1) is 20.0. The van der Waals surface area contributed by atoms with Gasteiger partial charge in [0.25, 0.3) is 0 Å². The first-order valence-corrected chi connectivity index (χ1v) is 9.50. The number of likely N-dealkylation sites (N-methyl/N-ethyl adjacent to an activating group) is 1. The number of anilines is 1. The normalized spacial score (nSPS) is 20.2. The molecule has 1 aromatic heterocycles. The van der Waals surface area contributed by atoms with Crippen LogP contribution in [-0.4, -0.2) is 59.8 Å². The number of halogens is 1. The maximum Gasteiger partial charge on any atom is 0.225 e. The van der Waals surface area contributed by atoms with Crippen molar-refractivity contribution in [2.45, 2.75) is 32.6 Å². The van der Waals surface area contributed by atoms with Crippen molar-refractivity contribution in [1.29, 1.82) is 0 Å². The van der Waals surface area contributed by atoms with Gasteiger partial charge < -0.3 is 10.0 Å². The summed E-state index contributed by atoms with van der Waals surface area (Å²) in [7, 11) is 2.04. The van der Waals surface area contributed by atoms with Crippen molar-refractivity contribution in [2.75, 3.05) is 44.7 Å². The summed E-state index contributed by atoms with van der Waals surface area (Å²) < 4.78 is 0. The molecule has 6 heteroatoms. The standard InChI is InChI=1S/C19H29ClN4O/c1-3-24(11-12-25)10-4-5-16-6-8-17(9-7-16)15-23(2)19-21-13-18(20)14-22-19/h13-14,16-17,25H,3,6-12,15H2,1-2H3/t16-,17-. The van der Waals surface area contributed by atoms with E-state index in [2.05, 4.69) is 38.5 Å². The van der Waals surface area contributed by atoms with E-state index in [-0.39, 0.29) is 6.61 Å². The second kappa shape index (κ2) is 10.6. The Balaban J connectivity index is 1.73. The van der Waals surface area contributed by atoms with E-state index >= 15 is 0 Å². The average molecular weight is 365 g/mol. The lowest BCUT2D eigenvalue weighted by molar-refractivity contribution is 0.216. The van der Waals surface area contributed by atoms with Gasteiger partial charge in [0.15, 0.2) is 0 Å². The van der Waals surface area contributed by atoms with E-state index in [4.69, 9.17) is 16.7 Å². The third kappa shape index (κ3) is 6.81. The molecule has 1 heterocycles. The quantitative estimate of drug-likeness (QED) is 0.754. The van der Waals surface area contributed by atoms with E-state index in [1.807, 2.05) is 7.05 Å². The Hall–Kier alpha value is -1.35. The highest BCUT2D eigenvalue weighted by atomic mass is 35.5. The number of hydrogen-bond donors (Lipinski definition) is 1. The SMILES string of the molecule is CCN(CC#C[C@H]1CC[C@H](CN(C)c2ncc(Cl)cn2)CC1)CCO. The molecular weight excluding hydrogens is 336 g/mol. The summed E-state index contributed by atoms with van der Waals surface area (Å²) in [5, 5.41) is 9.57. The van der Waals surface area contributed by atoms with Crippen LogP contribution in [0.3, 0.4) is 0 Å². The molecule has 0 aliphatic heterocycles. The molecule has 0 aromatic carbocycles. The number of hydrogen-bond acceptors (Lipinski definition) is 5. The summed E-state index contributed by atoms with van der Waals surface area (Å²) in [6, 6.07) is 0. The van der Waals surface area contributed by atoms with E-state index in [1.54, 1.807) is 12.4 Å². The molecule has 0 atom stereocenters. The molecule has 1 aromatic rings. The van der Waals surface area contributed by atoms with Gasteiger partial charge in [-0.15, -0.1) is 0 Å². The van der Waals surface area contributed by atoms with Crippen molar-refractivity contribution in [1.82, 2.24) is 14.9 Å². The minimum atomic E-state index is 0.200. The molecule has 25 heavy (non-hydrogen) atoms. The molecule has 0 bridgehead atoms. The van der Waals surface area contributed by atoms with Gasteiger partial charge in [0.05, 0.1) is 30.6 Å². The highest BCUT2D eigenvalue weighted by molar-refractivity contribution is 6.30. The van der Waals surface area contributed by atoms with Gasteiger partial charge in [0.2, 0.25) is 5.95 Å². The number of rotatable bonds is 7. The molecule has 1 fully saturated rings. The second-order valence-electron chi connectivity index (χ2n) is 6.71. The molecule has 1 N–H and O–H groups in total. The van der Waals surface area contributed by atoms with Gasteiger partial charge in [-0.2, -0.15) is 0 Å². The van der Waals surface area contributed by atoms with Crippen molar-refractivity contribution >= 4 is 17.5 Å². The Labute approximate surface area is 156 Å². The first-order valence-electron chi connectivity index (χ1n) is 9.12. The molecule has 1 saturated carbocycles. The molecule has 5 nitrogen and oxygen atoms in total. The summed E-state index contributed by atoms with van der Waals surface area (Å²) in [6.45, 7) is 5.67. The van der Waals surface area contributed by atoms with Gasteiger partial charge in [0.1, 0.15) is 0 Å². The number of aliphatic hydroxyl groups is 1. The van der Waals surface area contributed by atoms with Crippen LogP contribution in [0.15, 0.2) is 12.4 Å². The lowest BCUT2D eigenvalue weighted by atomic mass is 9.82. The molecular formula is C19H29ClN4O. The number of aromatic nitrogens is 2. The van der Waals surface area contributed by atoms with Gasteiger partial charge in [-0.3, -0.25) is 4.90 Å². The third-order valence-electron chi connectivity index (χ3n) is 4.80. The zero-order valence-corrected chi connectivity index (χ0v) is 16.0. The monoisotopic (exact) mass is 364 g/mol. The van der Waals surface area contributed by atoms with Gasteiger partial charge in [0, 0.05) is 26.1 Å². The summed E-state index contributed by atoms with van der Waals surface area (Å²) in [6.07, 6.45) is 8.02. The Kier molecular flexibility index (Phi) is 8.47. The first-order chi connectivity index (χ1) is 12.1. The molecule has 0 saturated heterocycles. The maximum atomic E-state index is 9.00. The summed E-state index contributed by atoms with van der Waals surface area (Å²) >= 11 is 5.84. The largest absolute Gasteiger partial charge is 0.395 e. The zero-order chi connectivity index (χ0) is 18.1. The smallest absolute Gasteiger partial charge is 0.225 e. The van der Waals surface area contributed by atoms with Gasteiger partial charge in [-0.25, -0.2) is 9.97 Å². The van der Waals surface area contributed by atoms with E-state index in [0.29, 0.717) is 23.4 Å². The molecule has 0 unspecified atom stereocenters. The fraction of sp³-hybridized carbons (Fsp3) is 0.684. The van der Waals surface area contributed by atoms with Gasteiger partial charge >= 0.3 is 0 Å². The fourth-order valence-corrected chi connectivity index (χ4v) is 3.35. The van der Waals surface area contributed by atoms with Gasteiger partial charge in [-0.05, 0) is 38.1 Å². The Morgan fingerprint density at radius 2 is 1.92 bits per heavy atom. The van der Waals surface area contributed by atoms with Crippen LogP contribution in [-0.2, 0) is 0 Å². The summed E-state index contributed by atoms with van der Waals surface area (Å²) in [4.78, 5) is 12.8. The van der Waals surface area contributed by atoms with Crippen LogP contribution in [0.2, 0.25) is 5.02 Å². The van der Waals surface area contributed by atoms with Crippen LogP contribution in [0.1, 0.15) is 32.6 Å². The minimum Gasteiger partial charge on any atom is -0.395 e. The van der Waals surface area contributed by atoms with Crippen LogP contribution in [0.4, 0.5) is 5.95 Å². The topological polar surface area (TPSA) is 52.5 Å². The fourth-order valence-electron chi connectivity index (χ4n) is 3.25. The number of nitrogens with zero attached hydrogens (tertiary/aromatic N) is 4. The van der Waals surface area contributed by atoms with Crippen LogP contribution in [0.5, 0.6) is 0 Å². The minimum absolute atomic E-state index is 0.200. The Bertz CT molecular complexity index is 561. The third-order valence-corrected chi connectivity index (χ3v) is 4.99. The lowest BCUT2D eigenvalue weighted by Gasteiger charge is -2.29. The number of aliphatic hydroxyl groups excluding tert-OH is 1.